The van der Waals surface area contributed by atoms with Crippen LogP contribution in [0.5, 0.6) is 5.75 Å². The maximum absolute atomic E-state index is 12.3. The van der Waals surface area contributed by atoms with E-state index in [0.717, 1.165) is 36.1 Å². The van der Waals surface area contributed by atoms with Crippen LogP contribution in [0.3, 0.4) is 0 Å². The Labute approximate surface area is 123 Å². The molecule has 1 unspecified atom stereocenters. The average molecular weight is 288 g/mol. The van der Waals surface area contributed by atoms with Crippen molar-refractivity contribution in [1.29, 1.82) is 0 Å². The molecular weight excluding hydrogens is 268 g/mol. The summed E-state index contributed by atoms with van der Waals surface area (Å²) in [5.41, 5.74) is 1.66. The molecule has 112 valence electrons. The Kier molecular flexibility index (Phi) is 3.84. The lowest BCUT2D eigenvalue weighted by molar-refractivity contribution is 0.0851. The van der Waals surface area contributed by atoms with E-state index in [2.05, 4.69) is 5.32 Å². The number of aryl methyl sites for hydroxylation is 1. The van der Waals surface area contributed by atoms with Crippen LogP contribution in [-0.4, -0.2) is 36.8 Å². The third kappa shape index (κ3) is 2.74. The number of hydrogen-bond donors (Lipinski definition) is 1. The van der Waals surface area contributed by atoms with E-state index in [9.17, 15) is 4.79 Å². The highest BCUT2D eigenvalue weighted by Crippen LogP contribution is 2.23. The topological polar surface area (TPSA) is 52.5 Å². The van der Waals surface area contributed by atoms with Crippen LogP contribution in [0.4, 0.5) is 0 Å². The highest BCUT2D eigenvalue weighted by atomic mass is 16.5. The zero-order valence-electron chi connectivity index (χ0n) is 12.4. The zero-order chi connectivity index (χ0) is 14.8. The van der Waals surface area contributed by atoms with Gasteiger partial charge in [0.05, 0.1) is 13.2 Å². The number of rotatable bonds is 4. The van der Waals surface area contributed by atoms with Gasteiger partial charge in [-0.2, -0.15) is 0 Å². The number of amides is 1. The lowest BCUT2D eigenvalue weighted by Crippen LogP contribution is -2.32. The van der Waals surface area contributed by atoms with E-state index >= 15 is 0 Å². The van der Waals surface area contributed by atoms with Crippen LogP contribution in [0.15, 0.2) is 24.3 Å². The molecule has 5 heteroatoms. The van der Waals surface area contributed by atoms with E-state index in [0.29, 0.717) is 12.2 Å². The van der Waals surface area contributed by atoms with Gasteiger partial charge in [0.15, 0.2) is 0 Å². The number of carbonyl (C=O) groups excluding carboxylic acids is 1. The standard InChI is InChI=1S/C16H20N2O3/c1-18-14-6-5-12(20-2)8-11(14)9-15(18)16(19)17-10-13-4-3-7-21-13/h5-6,8-9,13H,3-4,7,10H2,1-2H3,(H,17,19). The highest BCUT2D eigenvalue weighted by molar-refractivity contribution is 5.99. The Morgan fingerprint density at radius 3 is 3.05 bits per heavy atom. The van der Waals surface area contributed by atoms with Crippen LogP contribution in [0.25, 0.3) is 10.9 Å². The summed E-state index contributed by atoms with van der Waals surface area (Å²) in [6, 6.07) is 7.69. The van der Waals surface area contributed by atoms with Crippen LogP contribution in [-0.2, 0) is 11.8 Å². The Balaban J connectivity index is 1.78. The SMILES string of the molecule is COc1ccc2c(c1)cc(C(=O)NCC1CCCO1)n2C. The normalized spacial score (nSPS) is 18.1. The fourth-order valence-corrected chi connectivity index (χ4v) is 2.77. The summed E-state index contributed by atoms with van der Waals surface area (Å²) in [6.07, 6.45) is 2.25. The monoisotopic (exact) mass is 288 g/mol. The van der Waals surface area contributed by atoms with Crippen LogP contribution < -0.4 is 10.1 Å². The van der Waals surface area contributed by atoms with Crippen molar-refractivity contribution in [2.45, 2.75) is 18.9 Å². The van der Waals surface area contributed by atoms with Gasteiger partial charge in [-0.3, -0.25) is 4.79 Å². The van der Waals surface area contributed by atoms with Crippen molar-refractivity contribution in [1.82, 2.24) is 9.88 Å². The molecule has 1 amide bonds. The minimum atomic E-state index is -0.0665. The van der Waals surface area contributed by atoms with E-state index < -0.39 is 0 Å². The molecule has 1 aliphatic rings. The Hall–Kier alpha value is -2.01. The number of nitrogens with one attached hydrogen (secondary N) is 1. The van der Waals surface area contributed by atoms with Crippen LogP contribution >= 0.6 is 0 Å². The molecule has 21 heavy (non-hydrogen) atoms. The van der Waals surface area contributed by atoms with E-state index in [4.69, 9.17) is 9.47 Å². The van der Waals surface area contributed by atoms with E-state index in [1.165, 1.54) is 0 Å². The third-order valence-electron chi connectivity index (χ3n) is 4.00. The number of nitrogens with zero attached hydrogens (tertiary/aromatic N) is 1. The first-order valence-corrected chi connectivity index (χ1v) is 7.22. The van der Waals surface area contributed by atoms with Gasteiger partial charge in [-0.1, -0.05) is 0 Å². The molecule has 2 aromatic rings. The van der Waals surface area contributed by atoms with Crippen molar-refractivity contribution < 1.29 is 14.3 Å². The van der Waals surface area contributed by atoms with Gasteiger partial charge in [-0.25, -0.2) is 0 Å². The lowest BCUT2D eigenvalue weighted by atomic mass is 10.2. The minimum absolute atomic E-state index is 0.0665. The fourth-order valence-electron chi connectivity index (χ4n) is 2.77. The van der Waals surface area contributed by atoms with Crippen molar-refractivity contribution in [2.75, 3.05) is 20.3 Å². The maximum atomic E-state index is 12.3. The second-order valence-corrected chi connectivity index (χ2v) is 5.36. The van der Waals surface area contributed by atoms with E-state index in [1.54, 1.807) is 7.11 Å². The largest absolute Gasteiger partial charge is 0.497 e. The summed E-state index contributed by atoms with van der Waals surface area (Å²) in [7, 11) is 3.54. The molecule has 1 fully saturated rings. The van der Waals surface area contributed by atoms with Gasteiger partial charge in [0, 0.05) is 31.1 Å². The molecule has 3 rings (SSSR count). The molecule has 0 radical (unpaired) electrons. The van der Waals surface area contributed by atoms with Crippen LogP contribution in [0.1, 0.15) is 23.3 Å². The summed E-state index contributed by atoms with van der Waals surface area (Å²) in [5, 5.41) is 3.95. The Morgan fingerprint density at radius 1 is 1.48 bits per heavy atom. The maximum Gasteiger partial charge on any atom is 0.268 e. The summed E-state index contributed by atoms with van der Waals surface area (Å²) >= 11 is 0. The first kappa shape index (κ1) is 13.9. The van der Waals surface area contributed by atoms with Gasteiger partial charge in [0.25, 0.3) is 5.91 Å². The van der Waals surface area contributed by atoms with Gasteiger partial charge in [0.1, 0.15) is 11.4 Å². The number of benzene rings is 1. The summed E-state index contributed by atoms with van der Waals surface area (Å²) in [5.74, 6) is 0.725. The van der Waals surface area contributed by atoms with E-state index in [-0.39, 0.29) is 12.0 Å². The second-order valence-electron chi connectivity index (χ2n) is 5.36. The van der Waals surface area contributed by atoms with Gasteiger partial charge in [0.2, 0.25) is 0 Å². The molecule has 0 bridgehead atoms. The lowest BCUT2D eigenvalue weighted by Gasteiger charge is -2.11. The molecule has 0 aliphatic carbocycles. The molecule has 0 spiro atoms. The number of hydrogen-bond acceptors (Lipinski definition) is 3. The highest BCUT2D eigenvalue weighted by Gasteiger charge is 2.18. The molecule has 1 saturated heterocycles. The van der Waals surface area contributed by atoms with Crippen molar-refractivity contribution in [3.63, 3.8) is 0 Å². The molecule has 1 atom stereocenters. The Bertz CT molecular complexity index is 657. The van der Waals surface area contributed by atoms with E-state index in [1.807, 2.05) is 35.9 Å². The Morgan fingerprint density at radius 2 is 2.33 bits per heavy atom. The quantitative estimate of drug-likeness (QED) is 0.937. The molecule has 1 N–H and O–H groups in total. The predicted octanol–water partition coefficient (Wildman–Crippen LogP) is 2.10. The number of ether oxygens (including phenoxy) is 2. The number of methoxy groups -OCH3 is 1. The molecule has 0 saturated carbocycles. The minimum Gasteiger partial charge on any atom is -0.497 e. The van der Waals surface area contributed by atoms with Crippen LogP contribution in [0.2, 0.25) is 0 Å². The smallest absolute Gasteiger partial charge is 0.268 e. The number of carbonyl (C=O) groups is 1. The molecule has 2 heterocycles. The van der Waals surface area contributed by atoms with Crippen molar-refractivity contribution in [2.24, 2.45) is 7.05 Å². The molecule has 1 aliphatic heterocycles. The van der Waals surface area contributed by atoms with Crippen molar-refractivity contribution in [3.8, 4) is 5.75 Å². The summed E-state index contributed by atoms with van der Waals surface area (Å²) in [4.78, 5) is 12.3. The molecule has 1 aromatic heterocycles. The van der Waals surface area contributed by atoms with Gasteiger partial charge in [-0.15, -0.1) is 0 Å². The average Bonchev–Trinajstić information content (AvgIpc) is 3.12. The van der Waals surface area contributed by atoms with Crippen molar-refractivity contribution in [3.05, 3.63) is 30.0 Å². The first-order chi connectivity index (χ1) is 10.2. The zero-order valence-corrected chi connectivity index (χ0v) is 12.4. The summed E-state index contributed by atoms with van der Waals surface area (Å²) in [6.45, 7) is 1.37. The van der Waals surface area contributed by atoms with Crippen molar-refractivity contribution >= 4 is 16.8 Å². The molecule has 1 aromatic carbocycles. The third-order valence-corrected chi connectivity index (χ3v) is 4.00. The second kappa shape index (κ2) is 5.77. The molecule has 5 nitrogen and oxygen atoms in total. The first-order valence-electron chi connectivity index (χ1n) is 7.22. The van der Waals surface area contributed by atoms with Crippen LogP contribution in [0, 0.1) is 0 Å². The van der Waals surface area contributed by atoms with Gasteiger partial charge >= 0.3 is 0 Å². The van der Waals surface area contributed by atoms with Gasteiger partial charge < -0.3 is 19.4 Å². The predicted molar refractivity (Wildman–Crippen MR) is 80.8 cm³/mol. The summed E-state index contributed by atoms with van der Waals surface area (Å²) < 4.78 is 12.6. The molecular formula is C16H20N2O3. The van der Waals surface area contributed by atoms with Gasteiger partial charge in [-0.05, 0) is 37.1 Å². The number of fused-ring (bicyclic) bond motifs is 1. The fraction of sp³-hybridized carbons (Fsp3) is 0.438. The number of aromatic nitrogens is 1.